The highest BCUT2D eigenvalue weighted by Gasteiger charge is 2.04. The largest absolute Gasteiger partial charge is 0.448 e. The molecule has 1 aromatic carbocycles. The number of ether oxygens (including phenoxy) is 1. The molecule has 0 saturated heterocycles. The number of nitrogens with one attached hydrogen (secondary N) is 2. The first kappa shape index (κ1) is 17.5. The number of rotatable bonds is 10. The number of para-hydroxylation sites is 1. The Balaban J connectivity index is 2.01. The molecule has 21 heavy (non-hydrogen) atoms. The third-order valence-corrected chi connectivity index (χ3v) is 3.34. The highest BCUT2D eigenvalue weighted by Crippen LogP contribution is 2.06. The summed E-state index contributed by atoms with van der Waals surface area (Å²) in [7, 11) is 0. The second kappa shape index (κ2) is 11.1. The first-order valence-electron chi connectivity index (χ1n) is 7.94. The minimum atomic E-state index is -0.404. The molecule has 4 nitrogen and oxygen atoms in total. The molecule has 0 spiro atoms. The average Bonchev–Trinajstić information content (AvgIpc) is 2.49. The molecule has 1 aromatic rings. The molecule has 0 fully saturated rings. The lowest BCUT2D eigenvalue weighted by atomic mass is 10.1. The number of benzene rings is 1. The summed E-state index contributed by atoms with van der Waals surface area (Å²) in [6.07, 6.45) is 5.92. The number of anilines is 1. The number of carbonyl (C=O) groups is 1. The van der Waals surface area contributed by atoms with Gasteiger partial charge in [0.2, 0.25) is 0 Å². The van der Waals surface area contributed by atoms with Crippen LogP contribution in [-0.4, -0.2) is 25.3 Å². The molecule has 0 aromatic heterocycles. The topological polar surface area (TPSA) is 50.4 Å². The second-order valence-electron chi connectivity index (χ2n) is 5.33. The maximum absolute atomic E-state index is 11.5. The number of carbonyl (C=O) groups excluding carboxylic acids is 1. The van der Waals surface area contributed by atoms with Crippen LogP contribution in [0, 0.1) is 0 Å². The summed E-state index contributed by atoms with van der Waals surface area (Å²) < 4.78 is 5.13. The van der Waals surface area contributed by atoms with Gasteiger partial charge in [-0.25, -0.2) is 4.79 Å². The first-order chi connectivity index (χ1) is 10.2. The SMILES string of the molecule is CCCCCC[C@@H](C)NCCOC(=O)Nc1ccccc1. The van der Waals surface area contributed by atoms with Crippen molar-refractivity contribution in [3.8, 4) is 0 Å². The molecule has 1 atom stereocenters. The third-order valence-electron chi connectivity index (χ3n) is 3.34. The molecule has 0 aliphatic rings. The van der Waals surface area contributed by atoms with Crippen molar-refractivity contribution < 1.29 is 9.53 Å². The fraction of sp³-hybridized carbons (Fsp3) is 0.588. The molecule has 118 valence electrons. The van der Waals surface area contributed by atoms with Crippen LogP contribution >= 0.6 is 0 Å². The van der Waals surface area contributed by atoms with Crippen LogP contribution in [0.1, 0.15) is 46.0 Å². The molecule has 4 heteroatoms. The number of amides is 1. The van der Waals surface area contributed by atoms with E-state index in [0.29, 0.717) is 19.2 Å². The van der Waals surface area contributed by atoms with Crippen LogP contribution in [0.5, 0.6) is 0 Å². The smallest absolute Gasteiger partial charge is 0.411 e. The highest BCUT2D eigenvalue weighted by molar-refractivity contribution is 5.84. The van der Waals surface area contributed by atoms with Crippen LogP contribution in [0.25, 0.3) is 0 Å². The summed E-state index contributed by atoms with van der Waals surface area (Å²) >= 11 is 0. The van der Waals surface area contributed by atoms with Gasteiger partial charge in [0.05, 0.1) is 0 Å². The third kappa shape index (κ3) is 9.08. The Morgan fingerprint density at radius 3 is 2.67 bits per heavy atom. The molecule has 2 N–H and O–H groups in total. The lowest BCUT2D eigenvalue weighted by molar-refractivity contribution is 0.161. The Kier molecular flexibility index (Phi) is 9.29. The van der Waals surface area contributed by atoms with E-state index < -0.39 is 6.09 Å². The summed E-state index contributed by atoms with van der Waals surface area (Å²) in [5, 5.41) is 6.06. The van der Waals surface area contributed by atoms with E-state index in [0.717, 1.165) is 5.69 Å². The van der Waals surface area contributed by atoms with Gasteiger partial charge in [-0.3, -0.25) is 5.32 Å². The Bertz CT molecular complexity index is 382. The van der Waals surface area contributed by atoms with Crippen molar-refractivity contribution in [2.24, 2.45) is 0 Å². The monoisotopic (exact) mass is 292 g/mol. The van der Waals surface area contributed by atoms with Gasteiger partial charge in [0, 0.05) is 18.3 Å². The normalized spacial score (nSPS) is 11.9. The van der Waals surface area contributed by atoms with Crippen LogP contribution < -0.4 is 10.6 Å². The molecular formula is C17H28N2O2. The first-order valence-corrected chi connectivity index (χ1v) is 7.94. The summed E-state index contributed by atoms with van der Waals surface area (Å²) in [5.74, 6) is 0. The molecule has 0 aliphatic heterocycles. The van der Waals surface area contributed by atoms with Crippen molar-refractivity contribution in [2.45, 2.75) is 52.0 Å². The Morgan fingerprint density at radius 2 is 1.95 bits per heavy atom. The van der Waals surface area contributed by atoms with Gasteiger partial charge in [-0.1, -0.05) is 50.8 Å². The van der Waals surface area contributed by atoms with Crippen molar-refractivity contribution in [2.75, 3.05) is 18.5 Å². The van der Waals surface area contributed by atoms with Crippen molar-refractivity contribution in [3.05, 3.63) is 30.3 Å². The van der Waals surface area contributed by atoms with E-state index in [2.05, 4.69) is 24.5 Å². The van der Waals surface area contributed by atoms with E-state index in [4.69, 9.17) is 4.74 Å². The van der Waals surface area contributed by atoms with Gasteiger partial charge < -0.3 is 10.1 Å². The van der Waals surface area contributed by atoms with E-state index in [1.807, 2.05) is 30.3 Å². The zero-order chi connectivity index (χ0) is 15.3. The minimum absolute atomic E-state index is 0.387. The second-order valence-corrected chi connectivity index (χ2v) is 5.33. The number of unbranched alkanes of at least 4 members (excludes halogenated alkanes) is 3. The molecule has 0 heterocycles. The summed E-state index contributed by atoms with van der Waals surface area (Å²) in [6.45, 7) is 5.48. The van der Waals surface area contributed by atoms with Gasteiger partial charge >= 0.3 is 6.09 Å². The molecular weight excluding hydrogens is 264 g/mol. The van der Waals surface area contributed by atoms with E-state index in [1.165, 1.54) is 32.1 Å². The molecule has 0 radical (unpaired) electrons. The Labute approximate surface area is 128 Å². The van der Waals surface area contributed by atoms with E-state index in [1.54, 1.807) is 0 Å². The minimum Gasteiger partial charge on any atom is -0.448 e. The Morgan fingerprint density at radius 1 is 1.19 bits per heavy atom. The fourth-order valence-electron chi connectivity index (χ4n) is 2.10. The van der Waals surface area contributed by atoms with Crippen LogP contribution in [-0.2, 0) is 4.74 Å². The summed E-state index contributed by atoms with van der Waals surface area (Å²) in [5.41, 5.74) is 0.750. The molecule has 0 unspecified atom stereocenters. The highest BCUT2D eigenvalue weighted by atomic mass is 16.5. The maximum atomic E-state index is 11.5. The van der Waals surface area contributed by atoms with Crippen LogP contribution in [0.15, 0.2) is 30.3 Å². The lowest BCUT2D eigenvalue weighted by Gasteiger charge is -2.13. The van der Waals surface area contributed by atoms with Crippen LogP contribution in [0.4, 0.5) is 10.5 Å². The van der Waals surface area contributed by atoms with E-state index in [9.17, 15) is 4.79 Å². The maximum Gasteiger partial charge on any atom is 0.411 e. The van der Waals surface area contributed by atoms with Crippen molar-refractivity contribution in [3.63, 3.8) is 0 Å². The van der Waals surface area contributed by atoms with E-state index in [-0.39, 0.29) is 0 Å². The quantitative estimate of drug-likeness (QED) is 0.636. The standard InChI is InChI=1S/C17H28N2O2/c1-3-4-5-7-10-15(2)18-13-14-21-17(20)19-16-11-8-6-9-12-16/h6,8-9,11-12,15,18H,3-5,7,10,13-14H2,1-2H3,(H,19,20)/t15-/m1/s1. The van der Waals surface area contributed by atoms with Gasteiger partial charge in [0.1, 0.15) is 6.61 Å². The van der Waals surface area contributed by atoms with Gasteiger partial charge in [-0.2, -0.15) is 0 Å². The van der Waals surface area contributed by atoms with Crippen LogP contribution in [0.2, 0.25) is 0 Å². The number of hydrogen-bond donors (Lipinski definition) is 2. The van der Waals surface area contributed by atoms with Gasteiger partial charge in [0.25, 0.3) is 0 Å². The van der Waals surface area contributed by atoms with Crippen molar-refractivity contribution in [1.29, 1.82) is 0 Å². The predicted octanol–water partition coefficient (Wildman–Crippen LogP) is 4.18. The predicted molar refractivity (Wildman–Crippen MR) is 87.6 cm³/mol. The number of hydrogen-bond acceptors (Lipinski definition) is 3. The Hall–Kier alpha value is -1.55. The van der Waals surface area contributed by atoms with Gasteiger partial charge in [-0.15, -0.1) is 0 Å². The lowest BCUT2D eigenvalue weighted by Crippen LogP contribution is -2.30. The average molecular weight is 292 g/mol. The molecule has 0 saturated carbocycles. The summed E-state index contributed by atoms with van der Waals surface area (Å²) in [6, 6.07) is 9.79. The molecule has 0 aliphatic carbocycles. The molecule has 1 amide bonds. The van der Waals surface area contributed by atoms with Crippen LogP contribution in [0.3, 0.4) is 0 Å². The van der Waals surface area contributed by atoms with Gasteiger partial charge in [-0.05, 0) is 25.5 Å². The zero-order valence-electron chi connectivity index (χ0n) is 13.2. The zero-order valence-corrected chi connectivity index (χ0v) is 13.2. The summed E-state index contributed by atoms with van der Waals surface area (Å²) in [4.78, 5) is 11.5. The van der Waals surface area contributed by atoms with E-state index >= 15 is 0 Å². The fourth-order valence-corrected chi connectivity index (χ4v) is 2.10. The molecule has 1 rings (SSSR count). The molecule has 0 bridgehead atoms. The van der Waals surface area contributed by atoms with Gasteiger partial charge in [0.15, 0.2) is 0 Å². The van der Waals surface area contributed by atoms with Crippen molar-refractivity contribution >= 4 is 11.8 Å². The van der Waals surface area contributed by atoms with Crippen molar-refractivity contribution in [1.82, 2.24) is 5.32 Å².